The monoisotopic (exact) mass is 489 g/mol. The normalized spacial score (nSPS) is 16.1. The number of halogens is 1. The van der Waals surface area contributed by atoms with Gasteiger partial charge in [0, 0.05) is 52.5 Å². The van der Waals surface area contributed by atoms with E-state index in [4.69, 9.17) is 10.5 Å². The quantitative estimate of drug-likeness (QED) is 0.229. The van der Waals surface area contributed by atoms with E-state index < -0.39 is 0 Å². The highest BCUT2D eigenvalue weighted by Gasteiger charge is 2.15. The lowest BCUT2D eigenvalue weighted by atomic mass is 10.1. The first-order chi connectivity index (χ1) is 12.7. The van der Waals surface area contributed by atoms with Crippen molar-refractivity contribution in [1.29, 1.82) is 0 Å². The highest BCUT2D eigenvalue weighted by molar-refractivity contribution is 14.0. The molecule has 1 aliphatic heterocycles. The van der Waals surface area contributed by atoms with Crippen LogP contribution in [0.15, 0.2) is 29.3 Å². The second kappa shape index (κ2) is 14.1. The number of hydrogen-bond donors (Lipinski definition) is 2. The van der Waals surface area contributed by atoms with Crippen molar-refractivity contribution in [2.45, 2.75) is 33.4 Å². The van der Waals surface area contributed by atoms with Gasteiger partial charge < -0.3 is 20.7 Å². The summed E-state index contributed by atoms with van der Waals surface area (Å²) in [5.41, 5.74) is 8.45. The Balaban J connectivity index is 0.00000364. The zero-order chi connectivity index (χ0) is 18.6. The molecule has 6 nitrogen and oxygen atoms in total. The third kappa shape index (κ3) is 9.73. The molecule has 0 unspecified atom stereocenters. The molecule has 3 N–H and O–H groups in total. The van der Waals surface area contributed by atoms with Crippen LogP contribution in [0.2, 0.25) is 0 Å². The molecule has 0 atom stereocenters. The molecule has 1 aliphatic rings. The zero-order valence-corrected chi connectivity index (χ0v) is 19.2. The molecule has 1 aromatic rings. The van der Waals surface area contributed by atoms with Crippen LogP contribution in [0.25, 0.3) is 0 Å². The van der Waals surface area contributed by atoms with Gasteiger partial charge in [0.05, 0.1) is 6.54 Å². The summed E-state index contributed by atoms with van der Waals surface area (Å²) in [6.07, 6.45) is 0.936. The zero-order valence-electron chi connectivity index (χ0n) is 16.8. The molecule has 1 fully saturated rings. The summed E-state index contributed by atoms with van der Waals surface area (Å²) in [7, 11) is 0. The van der Waals surface area contributed by atoms with Crippen LogP contribution in [-0.4, -0.2) is 68.2 Å². The number of likely N-dealkylation sites (N-methyl/N-ethyl adjacent to an activating group) is 1. The maximum absolute atomic E-state index is 5.90. The first kappa shape index (κ1) is 24.1. The molecule has 7 heteroatoms. The van der Waals surface area contributed by atoms with Crippen molar-refractivity contribution in [3.63, 3.8) is 0 Å². The lowest BCUT2D eigenvalue weighted by Gasteiger charge is -2.34. The Hall–Kier alpha value is -0.900. The Bertz CT molecular complexity index is 530. The summed E-state index contributed by atoms with van der Waals surface area (Å²) in [6, 6.07) is 8.73. The maximum Gasteiger partial charge on any atom is 0.188 e. The van der Waals surface area contributed by atoms with Crippen LogP contribution in [0.4, 0.5) is 0 Å². The van der Waals surface area contributed by atoms with Crippen molar-refractivity contribution in [2.75, 3.05) is 52.5 Å². The number of rotatable bonds is 10. The number of nitrogens with zero attached hydrogens (tertiary/aromatic N) is 3. The fourth-order valence-electron chi connectivity index (χ4n) is 3.04. The van der Waals surface area contributed by atoms with E-state index in [0.717, 1.165) is 52.4 Å². The van der Waals surface area contributed by atoms with Gasteiger partial charge in [-0.2, -0.15) is 0 Å². The van der Waals surface area contributed by atoms with Gasteiger partial charge >= 0.3 is 0 Å². The third-order valence-electron chi connectivity index (χ3n) is 4.75. The lowest BCUT2D eigenvalue weighted by molar-refractivity contribution is 0.132. The summed E-state index contributed by atoms with van der Waals surface area (Å²) >= 11 is 0. The van der Waals surface area contributed by atoms with E-state index in [2.05, 4.69) is 51.3 Å². The van der Waals surface area contributed by atoms with E-state index in [9.17, 15) is 0 Å². The number of piperazine rings is 1. The first-order valence-corrected chi connectivity index (χ1v) is 9.85. The molecule has 0 radical (unpaired) electrons. The van der Waals surface area contributed by atoms with E-state index in [1.54, 1.807) is 0 Å². The Morgan fingerprint density at radius 2 is 1.70 bits per heavy atom. The fourth-order valence-corrected chi connectivity index (χ4v) is 3.04. The predicted molar refractivity (Wildman–Crippen MR) is 124 cm³/mol. The van der Waals surface area contributed by atoms with Crippen LogP contribution in [-0.2, 0) is 17.8 Å². The number of ether oxygens (including phenoxy) is 1. The SMILES string of the molecule is CCOCCCNC(N)=NCc1ccc(CN2CCN(CC)CC2)cc1.I. The molecule has 0 bridgehead atoms. The summed E-state index contributed by atoms with van der Waals surface area (Å²) in [4.78, 5) is 9.44. The Morgan fingerprint density at radius 3 is 2.33 bits per heavy atom. The van der Waals surface area contributed by atoms with Crippen molar-refractivity contribution in [1.82, 2.24) is 15.1 Å². The Morgan fingerprint density at radius 1 is 1.07 bits per heavy atom. The van der Waals surface area contributed by atoms with Crippen LogP contribution in [0.1, 0.15) is 31.4 Å². The topological polar surface area (TPSA) is 66.1 Å². The van der Waals surface area contributed by atoms with E-state index in [-0.39, 0.29) is 24.0 Å². The standard InChI is InChI=1S/C20H35N5O.HI/c1-3-24-11-13-25(14-12-24)17-19-8-6-18(7-9-19)16-23-20(21)22-10-5-15-26-4-2;/h6-9H,3-5,10-17H2,1-2H3,(H3,21,22,23);1H. The van der Waals surface area contributed by atoms with E-state index in [0.29, 0.717) is 12.5 Å². The smallest absolute Gasteiger partial charge is 0.188 e. The van der Waals surface area contributed by atoms with E-state index in [1.807, 2.05) is 6.92 Å². The van der Waals surface area contributed by atoms with Crippen LogP contribution in [0.5, 0.6) is 0 Å². The largest absolute Gasteiger partial charge is 0.382 e. The van der Waals surface area contributed by atoms with E-state index in [1.165, 1.54) is 24.2 Å². The number of benzene rings is 1. The molecule has 1 saturated heterocycles. The van der Waals surface area contributed by atoms with Crippen molar-refractivity contribution >= 4 is 29.9 Å². The van der Waals surface area contributed by atoms with Gasteiger partial charge in [-0.25, -0.2) is 4.99 Å². The molecule has 0 saturated carbocycles. The Labute approximate surface area is 181 Å². The number of nitrogens with one attached hydrogen (secondary N) is 1. The van der Waals surface area contributed by atoms with Gasteiger partial charge in [0.25, 0.3) is 0 Å². The van der Waals surface area contributed by atoms with Gasteiger partial charge in [-0.05, 0) is 31.0 Å². The predicted octanol–water partition coefficient (Wildman–Crippen LogP) is 2.27. The number of hydrogen-bond acceptors (Lipinski definition) is 4. The second-order valence-electron chi connectivity index (χ2n) is 6.71. The minimum Gasteiger partial charge on any atom is -0.382 e. The number of nitrogens with two attached hydrogens (primary N) is 1. The summed E-state index contributed by atoms with van der Waals surface area (Å²) < 4.78 is 5.29. The Kier molecular flexibility index (Phi) is 12.6. The molecule has 2 rings (SSSR count). The van der Waals surface area contributed by atoms with Crippen molar-refractivity contribution in [3.8, 4) is 0 Å². The maximum atomic E-state index is 5.90. The van der Waals surface area contributed by atoms with Gasteiger partial charge in [-0.15, -0.1) is 24.0 Å². The van der Waals surface area contributed by atoms with Gasteiger partial charge in [-0.1, -0.05) is 31.2 Å². The lowest BCUT2D eigenvalue weighted by Crippen LogP contribution is -2.45. The summed E-state index contributed by atoms with van der Waals surface area (Å²) in [5.74, 6) is 0.499. The molecular weight excluding hydrogens is 453 g/mol. The van der Waals surface area contributed by atoms with Gasteiger partial charge in [0.1, 0.15) is 0 Å². The molecular formula is C20H36IN5O. The third-order valence-corrected chi connectivity index (χ3v) is 4.75. The number of guanidine groups is 1. The van der Waals surface area contributed by atoms with Crippen LogP contribution in [0.3, 0.4) is 0 Å². The van der Waals surface area contributed by atoms with Crippen LogP contribution >= 0.6 is 24.0 Å². The first-order valence-electron chi connectivity index (χ1n) is 9.85. The van der Waals surface area contributed by atoms with Crippen molar-refractivity contribution in [3.05, 3.63) is 35.4 Å². The number of aliphatic imine (C=N–C) groups is 1. The second-order valence-corrected chi connectivity index (χ2v) is 6.71. The molecule has 27 heavy (non-hydrogen) atoms. The van der Waals surface area contributed by atoms with Gasteiger partial charge in [-0.3, -0.25) is 4.90 Å². The fraction of sp³-hybridized carbons (Fsp3) is 0.650. The highest BCUT2D eigenvalue weighted by Crippen LogP contribution is 2.10. The molecule has 0 amide bonds. The minimum absolute atomic E-state index is 0. The van der Waals surface area contributed by atoms with Gasteiger partial charge in [0.2, 0.25) is 0 Å². The van der Waals surface area contributed by atoms with Crippen molar-refractivity contribution in [2.24, 2.45) is 10.7 Å². The average Bonchev–Trinajstić information content (AvgIpc) is 2.68. The summed E-state index contributed by atoms with van der Waals surface area (Å²) in [6.45, 7) is 14.0. The van der Waals surface area contributed by atoms with Crippen LogP contribution < -0.4 is 11.1 Å². The molecule has 1 aromatic carbocycles. The summed E-state index contributed by atoms with van der Waals surface area (Å²) in [5, 5.41) is 3.12. The van der Waals surface area contributed by atoms with Gasteiger partial charge in [0.15, 0.2) is 5.96 Å². The highest BCUT2D eigenvalue weighted by atomic mass is 127. The average molecular weight is 489 g/mol. The van der Waals surface area contributed by atoms with Crippen molar-refractivity contribution < 1.29 is 4.74 Å². The molecule has 154 valence electrons. The molecule has 1 heterocycles. The molecule has 0 spiro atoms. The minimum atomic E-state index is 0. The van der Waals surface area contributed by atoms with E-state index >= 15 is 0 Å². The van der Waals surface area contributed by atoms with Crippen LogP contribution in [0, 0.1) is 0 Å². The molecule has 0 aliphatic carbocycles. The molecule has 0 aromatic heterocycles.